The molecule has 1 rings (SSSR count). The molecule has 2 amide bonds. The third-order valence-electron chi connectivity index (χ3n) is 2.27. The second-order valence-electron chi connectivity index (χ2n) is 3.41. The number of carbonyl (C=O) groups is 2. The molecule has 0 aromatic carbocycles. The number of nitrogens with one attached hydrogen (secondary N) is 2. The summed E-state index contributed by atoms with van der Waals surface area (Å²) in [6.07, 6.45) is 1.62. The smallest absolute Gasteiger partial charge is 0.224 e. The van der Waals surface area contributed by atoms with E-state index in [0.717, 1.165) is 0 Å². The van der Waals surface area contributed by atoms with Crippen LogP contribution in [-0.2, 0) is 9.59 Å². The number of aliphatic hydroxyl groups is 1. The van der Waals surface area contributed by atoms with Crippen molar-refractivity contribution >= 4 is 11.8 Å². The molecule has 1 unspecified atom stereocenters. The van der Waals surface area contributed by atoms with Crippen LogP contribution in [0.15, 0.2) is 0 Å². The van der Waals surface area contributed by atoms with Crippen LogP contribution in [-0.4, -0.2) is 36.6 Å². The summed E-state index contributed by atoms with van der Waals surface area (Å²) in [5.74, 6) is -0.116. The zero-order valence-corrected chi connectivity index (χ0v) is 8.08. The summed E-state index contributed by atoms with van der Waals surface area (Å²) >= 11 is 0. The van der Waals surface area contributed by atoms with Crippen LogP contribution in [0.5, 0.6) is 0 Å². The fraction of sp³-hybridized carbons (Fsp3) is 0.778. The summed E-state index contributed by atoms with van der Waals surface area (Å²) in [5.41, 5.74) is 0. The Morgan fingerprint density at radius 1 is 1.64 bits per heavy atom. The Labute approximate surface area is 82.9 Å². The van der Waals surface area contributed by atoms with E-state index in [2.05, 4.69) is 10.6 Å². The Kier molecular flexibility index (Phi) is 4.39. The van der Waals surface area contributed by atoms with Gasteiger partial charge in [-0.05, 0) is 12.8 Å². The van der Waals surface area contributed by atoms with Crippen molar-refractivity contribution in [3.8, 4) is 0 Å². The van der Waals surface area contributed by atoms with Gasteiger partial charge in [-0.3, -0.25) is 9.59 Å². The quantitative estimate of drug-likeness (QED) is 0.510. The summed E-state index contributed by atoms with van der Waals surface area (Å²) in [4.78, 5) is 22.3. The van der Waals surface area contributed by atoms with Gasteiger partial charge in [0, 0.05) is 26.1 Å². The summed E-state index contributed by atoms with van der Waals surface area (Å²) in [6.45, 7) is 1.02. The van der Waals surface area contributed by atoms with Gasteiger partial charge in [0.15, 0.2) is 0 Å². The average molecular weight is 200 g/mol. The number of piperidine rings is 1. The minimum absolute atomic E-state index is 0.0180. The maximum atomic E-state index is 11.4. The molecular weight excluding hydrogens is 184 g/mol. The molecule has 80 valence electrons. The van der Waals surface area contributed by atoms with Crippen LogP contribution in [0.25, 0.3) is 0 Å². The van der Waals surface area contributed by atoms with Crippen LogP contribution in [0.3, 0.4) is 0 Å². The highest BCUT2D eigenvalue weighted by atomic mass is 16.3. The predicted octanol–water partition coefficient (Wildman–Crippen LogP) is -0.989. The Balaban J connectivity index is 2.20. The van der Waals surface area contributed by atoms with E-state index in [9.17, 15) is 9.59 Å². The van der Waals surface area contributed by atoms with Crippen molar-refractivity contribution in [3.05, 3.63) is 0 Å². The van der Waals surface area contributed by atoms with E-state index < -0.39 is 0 Å². The molecule has 1 heterocycles. The molecule has 0 aromatic rings. The van der Waals surface area contributed by atoms with Crippen LogP contribution in [0, 0.1) is 5.92 Å². The van der Waals surface area contributed by atoms with Crippen molar-refractivity contribution in [1.29, 1.82) is 0 Å². The van der Waals surface area contributed by atoms with Gasteiger partial charge >= 0.3 is 0 Å². The molecule has 14 heavy (non-hydrogen) atoms. The van der Waals surface area contributed by atoms with Gasteiger partial charge < -0.3 is 15.7 Å². The molecule has 1 aliphatic heterocycles. The van der Waals surface area contributed by atoms with Gasteiger partial charge in [0.05, 0.1) is 5.92 Å². The first-order valence-electron chi connectivity index (χ1n) is 4.89. The number of aliphatic hydroxyl groups excluding tert-OH is 1. The molecule has 5 heteroatoms. The zero-order valence-electron chi connectivity index (χ0n) is 8.08. The van der Waals surface area contributed by atoms with E-state index in [1.54, 1.807) is 0 Å². The van der Waals surface area contributed by atoms with E-state index in [4.69, 9.17) is 5.11 Å². The highest BCUT2D eigenvalue weighted by molar-refractivity contribution is 5.83. The SMILES string of the molecule is O=C1CCC(C(=O)NCCCO)CN1. The fourth-order valence-electron chi connectivity index (χ4n) is 1.39. The van der Waals surface area contributed by atoms with Crippen molar-refractivity contribution in [2.75, 3.05) is 19.7 Å². The summed E-state index contributed by atoms with van der Waals surface area (Å²) in [6, 6.07) is 0. The lowest BCUT2D eigenvalue weighted by atomic mass is 9.98. The van der Waals surface area contributed by atoms with Crippen LogP contribution >= 0.6 is 0 Å². The van der Waals surface area contributed by atoms with Gasteiger partial charge in [0.25, 0.3) is 0 Å². The van der Waals surface area contributed by atoms with Gasteiger partial charge in [-0.25, -0.2) is 0 Å². The molecule has 3 N–H and O–H groups in total. The second-order valence-corrected chi connectivity index (χ2v) is 3.41. The molecule has 1 saturated heterocycles. The van der Waals surface area contributed by atoms with E-state index in [1.165, 1.54) is 0 Å². The summed E-state index contributed by atoms with van der Waals surface area (Å²) < 4.78 is 0. The maximum Gasteiger partial charge on any atom is 0.224 e. The average Bonchev–Trinajstić information content (AvgIpc) is 2.19. The highest BCUT2D eigenvalue weighted by Crippen LogP contribution is 2.10. The Morgan fingerprint density at radius 2 is 2.43 bits per heavy atom. The van der Waals surface area contributed by atoms with Crippen molar-refractivity contribution in [3.63, 3.8) is 0 Å². The molecule has 1 aliphatic rings. The van der Waals surface area contributed by atoms with Gasteiger partial charge in [0.1, 0.15) is 0 Å². The van der Waals surface area contributed by atoms with Crippen molar-refractivity contribution < 1.29 is 14.7 Å². The Hall–Kier alpha value is -1.10. The first-order valence-corrected chi connectivity index (χ1v) is 4.89. The van der Waals surface area contributed by atoms with Gasteiger partial charge in [0.2, 0.25) is 11.8 Å². The van der Waals surface area contributed by atoms with Crippen LogP contribution in [0.4, 0.5) is 0 Å². The molecule has 1 atom stereocenters. The highest BCUT2D eigenvalue weighted by Gasteiger charge is 2.23. The minimum Gasteiger partial charge on any atom is -0.396 e. The molecule has 1 fully saturated rings. The number of amides is 2. The van der Waals surface area contributed by atoms with E-state index in [-0.39, 0.29) is 24.3 Å². The predicted molar refractivity (Wildman–Crippen MR) is 50.4 cm³/mol. The van der Waals surface area contributed by atoms with E-state index in [1.807, 2.05) is 0 Å². The first-order chi connectivity index (χ1) is 6.74. The molecule has 5 nitrogen and oxygen atoms in total. The number of hydrogen-bond acceptors (Lipinski definition) is 3. The van der Waals surface area contributed by atoms with Crippen molar-refractivity contribution in [1.82, 2.24) is 10.6 Å². The number of hydrogen-bond donors (Lipinski definition) is 3. The Morgan fingerprint density at radius 3 is 3.00 bits per heavy atom. The van der Waals surface area contributed by atoms with Gasteiger partial charge in [-0.2, -0.15) is 0 Å². The zero-order chi connectivity index (χ0) is 10.4. The van der Waals surface area contributed by atoms with E-state index in [0.29, 0.717) is 32.4 Å². The minimum atomic E-state index is -0.105. The molecule has 0 bridgehead atoms. The molecule has 0 aromatic heterocycles. The number of carbonyl (C=O) groups excluding carboxylic acids is 2. The standard InChI is InChI=1S/C9H16N2O3/c12-5-1-4-10-9(14)7-2-3-8(13)11-6-7/h7,12H,1-6H2,(H,10,14)(H,11,13). The first kappa shape index (κ1) is 11.0. The fourth-order valence-corrected chi connectivity index (χ4v) is 1.39. The molecule has 0 aliphatic carbocycles. The number of rotatable bonds is 4. The van der Waals surface area contributed by atoms with Crippen LogP contribution in [0.1, 0.15) is 19.3 Å². The molecular formula is C9H16N2O3. The lowest BCUT2D eigenvalue weighted by Gasteiger charge is -2.21. The monoisotopic (exact) mass is 200 g/mol. The summed E-state index contributed by atoms with van der Waals surface area (Å²) in [5, 5.41) is 13.9. The summed E-state index contributed by atoms with van der Waals surface area (Å²) in [7, 11) is 0. The lowest BCUT2D eigenvalue weighted by Crippen LogP contribution is -2.43. The Bertz CT molecular complexity index is 208. The third-order valence-corrected chi connectivity index (χ3v) is 2.27. The van der Waals surface area contributed by atoms with Gasteiger partial charge in [-0.15, -0.1) is 0 Å². The van der Waals surface area contributed by atoms with Gasteiger partial charge in [-0.1, -0.05) is 0 Å². The lowest BCUT2D eigenvalue weighted by molar-refractivity contribution is -0.128. The second kappa shape index (κ2) is 5.59. The molecule has 0 saturated carbocycles. The van der Waals surface area contributed by atoms with Crippen molar-refractivity contribution in [2.24, 2.45) is 5.92 Å². The topological polar surface area (TPSA) is 78.4 Å². The van der Waals surface area contributed by atoms with Crippen LogP contribution < -0.4 is 10.6 Å². The largest absolute Gasteiger partial charge is 0.396 e. The molecule has 0 spiro atoms. The maximum absolute atomic E-state index is 11.4. The molecule has 0 radical (unpaired) electrons. The van der Waals surface area contributed by atoms with Crippen molar-refractivity contribution in [2.45, 2.75) is 19.3 Å². The van der Waals surface area contributed by atoms with Crippen LogP contribution in [0.2, 0.25) is 0 Å². The normalized spacial score (nSPS) is 21.5. The van der Waals surface area contributed by atoms with E-state index >= 15 is 0 Å². The third kappa shape index (κ3) is 3.33.